The maximum atomic E-state index is 12.1. The van der Waals surface area contributed by atoms with Crippen molar-refractivity contribution >= 4 is 5.97 Å². The van der Waals surface area contributed by atoms with E-state index in [4.69, 9.17) is 4.74 Å². The molecule has 0 heterocycles. The minimum atomic E-state index is -0.219. The van der Waals surface area contributed by atoms with E-state index in [-0.39, 0.29) is 12.1 Å². The van der Waals surface area contributed by atoms with Gasteiger partial charge in [0.2, 0.25) is 0 Å². The SMILES string of the molecule is C=C(CN(C)C)C(=O)OC1CCC(/C=C/C2CCC(CCCCC)CC2)CC1. The van der Waals surface area contributed by atoms with Gasteiger partial charge >= 0.3 is 5.97 Å². The van der Waals surface area contributed by atoms with E-state index in [1.807, 2.05) is 19.0 Å². The van der Waals surface area contributed by atoms with E-state index in [1.54, 1.807) is 0 Å². The van der Waals surface area contributed by atoms with Crippen molar-refractivity contribution in [1.29, 1.82) is 0 Å². The molecule has 2 saturated carbocycles. The molecule has 160 valence electrons. The molecular formula is C25H43NO2. The number of hydrogen-bond donors (Lipinski definition) is 0. The Morgan fingerprint density at radius 3 is 2.07 bits per heavy atom. The second-order valence-electron chi connectivity index (χ2n) is 9.44. The quantitative estimate of drug-likeness (QED) is 0.194. The number of nitrogens with zero attached hydrogens (tertiary/aromatic N) is 1. The zero-order chi connectivity index (χ0) is 20.4. The first kappa shape index (κ1) is 23.2. The topological polar surface area (TPSA) is 29.5 Å². The summed E-state index contributed by atoms with van der Waals surface area (Å²) < 4.78 is 5.66. The lowest BCUT2D eigenvalue weighted by Crippen LogP contribution is -2.27. The van der Waals surface area contributed by atoms with E-state index in [0.717, 1.165) is 37.5 Å². The van der Waals surface area contributed by atoms with Gasteiger partial charge in [-0.1, -0.05) is 51.3 Å². The van der Waals surface area contributed by atoms with Crippen LogP contribution in [-0.2, 0) is 9.53 Å². The molecule has 0 bridgehead atoms. The number of carbonyl (C=O) groups is 1. The van der Waals surface area contributed by atoms with E-state index in [1.165, 1.54) is 51.4 Å². The van der Waals surface area contributed by atoms with Gasteiger partial charge < -0.3 is 9.64 Å². The van der Waals surface area contributed by atoms with Crippen LogP contribution < -0.4 is 0 Å². The first-order valence-corrected chi connectivity index (χ1v) is 11.7. The van der Waals surface area contributed by atoms with E-state index >= 15 is 0 Å². The van der Waals surface area contributed by atoms with E-state index in [9.17, 15) is 4.79 Å². The molecular weight excluding hydrogens is 346 g/mol. The highest BCUT2D eigenvalue weighted by atomic mass is 16.5. The molecule has 2 aliphatic rings. The Morgan fingerprint density at radius 2 is 1.54 bits per heavy atom. The third-order valence-electron chi connectivity index (χ3n) is 6.55. The molecule has 2 fully saturated rings. The second-order valence-corrected chi connectivity index (χ2v) is 9.44. The maximum absolute atomic E-state index is 12.1. The summed E-state index contributed by atoms with van der Waals surface area (Å²) in [5.41, 5.74) is 0.553. The van der Waals surface area contributed by atoms with Crippen LogP contribution in [-0.4, -0.2) is 37.6 Å². The number of likely N-dealkylation sites (N-methyl/N-ethyl adjacent to an activating group) is 1. The normalized spacial score (nSPS) is 28.6. The first-order chi connectivity index (χ1) is 13.5. The van der Waals surface area contributed by atoms with E-state index < -0.39 is 0 Å². The number of allylic oxidation sites excluding steroid dienone is 2. The highest BCUT2D eigenvalue weighted by Crippen LogP contribution is 2.34. The Bertz CT molecular complexity index is 495. The summed E-state index contributed by atoms with van der Waals surface area (Å²) in [5.74, 6) is 2.24. The van der Waals surface area contributed by atoms with Crippen molar-refractivity contribution < 1.29 is 9.53 Å². The Morgan fingerprint density at radius 1 is 0.964 bits per heavy atom. The van der Waals surface area contributed by atoms with Crippen LogP contribution in [0.2, 0.25) is 0 Å². The van der Waals surface area contributed by atoms with Crippen LogP contribution in [0, 0.1) is 17.8 Å². The molecule has 0 unspecified atom stereocenters. The fourth-order valence-corrected chi connectivity index (χ4v) is 4.75. The summed E-state index contributed by atoms with van der Waals surface area (Å²) in [6.45, 7) is 6.71. The summed E-state index contributed by atoms with van der Waals surface area (Å²) in [7, 11) is 3.88. The molecule has 0 amide bonds. The fourth-order valence-electron chi connectivity index (χ4n) is 4.75. The molecule has 0 spiro atoms. The average Bonchev–Trinajstić information content (AvgIpc) is 2.68. The molecule has 28 heavy (non-hydrogen) atoms. The lowest BCUT2D eigenvalue weighted by Gasteiger charge is -2.29. The van der Waals surface area contributed by atoms with Gasteiger partial charge in [0.25, 0.3) is 0 Å². The Balaban J connectivity index is 1.62. The molecule has 0 aromatic carbocycles. The van der Waals surface area contributed by atoms with Crippen LogP contribution in [0.25, 0.3) is 0 Å². The van der Waals surface area contributed by atoms with E-state index in [0.29, 0.717) is 18.0 Å². The lowest BCUT2D eigenvalue weighted by molar-refractivity contribution is -0.146. The summed E-state index contributed by atoms with van der Waals surface area (Å²) in [6, 6.07) is 0. The van der Waals surface area contributed by atoms with Gasteiger partial charge in [0, 0.05) is 12.1 Å². The molecule has 0 aromatic rings. The molecule has 2 rings (SSSR count). The van der Waals surface area contributed by atoms with Crippen molar-refractivity contribution in [2.75, 3.05) is 20.6 Å². The third kappa shape index (κ3) is 8.51. The van der Waals surface area contributed by atoms with Gasteiger partial charge in [-0.3, -0.25) is 0 Å². The van der Waals surface area contributed by atoms with E-state index in [2.05, 4.69) is 25.7 Å². The van der Waals surface area contributed by atoms with Crippen molar-refractivity contribution in [1.82, 2.24) is 4.90 Å². The second kappa shape index (κ2) is 12.5. The largest absolute Gasteiger partial charge is 0.459 e. The standard InChI is InChI=1S/C25H43NO2/c1-5-6-7-8-21-9-11-22(12-10-21)13-14-23-15-17-24(18-16-23)28-25(27)20(2)19-26(3)4/h13-14,21-24H,2,5-12,15-19H2,1,3-4H3/b14-13+. The van der Waals surface area contributed by atoms with Crippen molar-refractivity contribution in [2.45, 2.75) is 90.1 Å². The summed E-state index contributed by atoms with van der Waals surface area (Å²) >= 11 is 0. The first-order valence-electron chi connectivity index (χ1n) is 11.7. The number of unbranched alkanes of at least 4 members (excludes halogenated alkanes) is 2. The number of carbonyl (C=O) groups excluding carboxylic acids is 1. The molecule has 0 radical (unpaired) electrons. The molecule has 0 aliphatic heterocycles. The predicted octanol–water partition coefficient (Wildman–Crippen LogP) is 6.15. The monoisotopic (exact) mass is 389 g/mol. The van der Waals surface area contributed by atoms with Crippen LogP contribution >= 0.6 is 0 Å². The van der Waals surface area contributed by atoms with Gasteiger partial charge in [-0.15, -0.1) is 0 Å². The van der Waals surface area contributed by atoms with Gasteiger partial charge in [-0.05, 0) is 83.2 Å². The molecule has 0 saturated heterocycles. The molecule has 2 aliphatic carbocycles. The number of hydrogen-bond acceptors (Lipinski definition) is 3. The number of ether oxygens (including phenoxy) is 1. The Kier molecular flexibility index (Phi) is 10.3. The summed E-state index contributed by atoms with van der Waals surface area (Å²) in [5, 5.41) is 0. The lowest BCUT2D eigenvalue weighted by atomic mass is 9.78. The number of rotatable bonds is 10. The minimum Gasteiger partial charge on any atom is -0.459 e. The molecule has 0 N–H and O–H groups in total. The van der Waals surface area contributed by atoms with Gasteiger partial charge in [0.1, 0.15) is 6.10 Å². The molecule has 0 aromatic heterocycles. The van der Waals surface area contributed by atoms with Crippen molar-refractivity contribution in [3.63, 3.8) is 0 Å². The summed E-state index contributed by atoms with van der Waals surface area (Å²) in [6.07, 6.45) is 20.6. The summed E-state index contributed by atoms with van der Waals surface area (Å²) in [4.78, 5) is 14.1. The predicted molar refractivity (Wildman–Crippen MR) is 118 cm³/mol. The van der Waals surface area contributed by atoms with Crippen LogP contribution in [0.15, 0.2) is 24.3 Å². The van der Waals surface area contributed by atoms with Gasteiger partial charge in [0.05, 0.1) is 0 Å². The third-order valence-corrected chi connectivity index (χ3v) is 6.55. The zero-order valence-electron chi connectivity index (χ0n) is 18.6. The Hall–Kier alpha value is -1.09. The van der Waals surface area contributed by atoms with Gasteiger partial charge in [-0.25, -0.2) is 4.79 Å². The van der Waals surface area contributed by atoms with Crippen LogP contribution in [0.5, 0.6) is 0 Å². The van der Waals surface area contributed by atoms with Crippen LogP contribution in [0.1, 0.15) is 84.0 Å². The van der Waals surface area contributed by atoms with Crippen LogP contribution in [0.4, 0.5) is 0 Å². The molecule has 3 nitrogen and oxygen atoms in total. The highest BCUT2D eigenvalue weighted by molar-refractivity contribution is 5.88. The molecule has 3 heteroatoms. The minimum absolute atomic E-state index is 0.0784. The smallest absolute Gasteiger partial charge is 0.334 e. The van der Waals surface area contributed by atoms with Crippen molar-refractivity contribution in [2.24, 2.45) is 17.8 Å². The molecule has 0 atom stereocenters. The van der Waals surface area contributed by atoms with Crippen molar-refractivity contribution in [3.05, 3.63) is 24.3 Å². The van der Waals surface area contributed by atoms with Gasteiger partial charge in [0.15, 0.2) is 0 Å². The van der Waals surface area contributed by atoms with Crippen LogP contribution in [0.3, 0.4) is 0 Å². The maximum Gasteiger partial charge on any atom is 0.334 e. The Labute approximate surface area is 173 Å². The zero-order valence-corrected chi connectivity index (χ0v) is 18.6. The van der Waals surface area contributed by atoms with Crippen molar-refractivity contribution in [3.8, 4) is 0 Å². The average molecular weight is 390 g/mol. The van der Waals surface area contributed by atoms with Gasteiger partial charge in [-0.2, -0.15) is 0 Å². The fraction of sp³-hybridized carbons (Fsp3) is 0.800. The highest BCUT2D eigenvalue weighted by Gasteiger charge is 2.24. The number of esters is 1.